The predicted octanol–water partition coefficient (Wildman–Crippen LogP) is 4.79. The minimum Gasteiger partial charge on any atom is -0.493 e. The Kier molecular flexibility index (Phi) is 9.58. The van der Waals surface area contributed by atoms with Crippen LogP contribution in [0.1, 0.15) is 48.5 Å². The molecule has 268 valence electrons. The Bertz CT molecular complexity index is 2040. The number of pyridine rings is 2. The molecule has 0 unspecified atom stereocenters. The Balaban J connectivity index is 0.00000464. The molecule has 51 heavy (non-hydrogen) atoms. The fourth-order valence-electron chi connectivity index (χ4n) is 7.02. The minimum absolute atomic E-state index is 0. The van der Waals surface area contributed by atoms with Crippen molar-refractivity contribution in [1.29, 1.82) is 0 Å². The lowest BCUT2D eigenvalue weighted by molar-refractivity contribution is -0.131. The van der Waals surface area contributed by atoms with Crippen molar-refractivity contribution in [1.82, 2.24) is 40.7 Å². The van der Waals surface area contributed by atoms with Crippen LogP contribution in [0.3, 0.4) is 0 Å². The van der Waals surface area contributed by atoms with E-state index in [2.05, 4.69) is 32.8 Å². The van der Waals surface area contributed by atoms with E-state index in [1.165, 1.54) is 13.2 Å². The summed E-state index contributed by atoms with van der Waals surface area (Å²) in [5, 5.41) is 2.38. The topological polar surface area (TPSA) is 122 Å². The molecule has 1 fully saturated rings. The van der Waals surface area contributed by atoms with Crippen molar-refractivity contribution in [2.45, 2.75) is 33.1 Å². The number of aromatic amines is 1. The normalized spacial score (nSPS) is 16.1. The van der Waals surface area contributed by atoms with Gasteiger partial charge in [0.05, 0.1) is 18.8 Å². The quantitative estimate of drug-likeness (QED) is 0.227. The molecular formula is C37H43F2N9O3. The van der Waals surface area contributed by atoms with E-state index in [-0.39, 0.29) is 31.0 Å². The smallest absolute Gasteiger partial charge is 0.270 e. The standard InChI is InChI=1S/C37H41F2N9O3.H2/c1-4-24-16-23(2)40-21-30(24)28-18-27(25-6-5-9-47(22-25)33(49)7-10-48-11-8-42-44-48)34(39)35-29(28)19-31(43-35)37(50)46-14-12-45(13-15-46)36-32(51-3)17-26(38)20-41-36;/h6,8,11,16-21,42-44H,4-5,7,9-10,12-15,22H2,1-3H3;1H. The van der Waals surface area contributed by atoms with Gasteiger partial charge >= 0.3 is 0 Å². The fraction of sp³-hybridized carbons (Fsp3) is 0.351. The van der Waals surface area contributed by atoms with Gasteiger partial charge in [-0.15, -0.1) is 5.53 Å². The second-order valence-electron chi connectivity index (χ2n) is 12.9. The SMILES string of the molecule is CCc1cc(C)ncc1-c1cc(C2=CCCN(C(=O)CCN3C=CNN3)C2)c(F)c2[nH]c(C(=O)N3CCN(c4ncc(F)cc4OC)CC3)cc12.[HH]. The van der Waals surface area contributed by atoms with E-state index in [0.717, 1.165) is 40.6 Å². The van der Waals surface area contributed by atoms with Crippen molar-refractivity contribution in [3.63, 3.8) is 0 Å². The highest BCUT2D eigenvalue weighted by molar-refractivity contribution is 6.05. The van der Waals surface area contributed by atoms with Crippen molar-refractivity contribution in [3.8, 4) is 16.9 Å². The highest BCUT2D eigenvalue weighted by Gasteiger charge is 2.29. The number of hydrogen-bond acceptors (Lipinski definition) is 9. The molecule has 7 rings (SSSR count). The first kappa shape index (κ1) is 34.0. The summed E-state index contributed by atoms with van der Waals surface area (Å²) in [7, 11) is 1.47. The number of aromatic nitrogens is 3. The van der Waals surface area contributed by atoms with E-state index in [1.807, 2.05) is 42.4 Å². The zero-order chi connectivity index (χ0) is 35.6. The van der Waals surface area contributed by atoms with Crippen LogP contribution in [0.2, 0.25) is 0 Å². The maximum atomic E-state index is 16.7. The lowest BCUT2D eigenvalue weighted by Crippen LogP contribution is -2.49. The Morgan fingerprint density at radius 3 is 2.55 bits per heavy atom. The van der Waals surface area contributed by atoms with Gasteiger partial charge in [-0.25, -0.2) is 13.8 Å². The van der Waals surface area contributed by atoms with Crippen LogP contribution < -0.4 is 20.6 Å². The molecule has 6 heterocycles. The van der Waals surface area contributed by atoms with Crippen LogP contribution in [0, 0.1) is 18.6 Å². The number of methoxy groups -OCH3 is 1. The van der Waals surface area contributed by atoms with E-state index in [1.54, 1.807) is 27.1 Å². The van der Waals surface area contributed by atoms with Crippen LogP contribution >= 0.6 is 0 Å². The molecule has 0 spiro atoms. The summed E-state index contributed by atoms with van der Waals surface area (Å²) in [6, 6.07) is 6.90. The second kappa shape index (κ2) is 14.4. The number of amides is 2. The van der Waals surface area contributed by atoms with Crippen molar-refractivity contribution in [3.05, 3.63) is 89.3 Å². The highest BCUT2D eigenvalue weighted by Crippen LogP contribution is 2.38. The van der Waals surface area contributed by atoms with E-state index in [4.69, 9.17) is 4.74 Å². The molecule has 3 aliphatic heterocycles. The average Bonchev–Trinajstić information content (AvgIpc) is 3.85. The monoisotopic (exact) mass is 699 g/mol. The van der Waals surface area contributed by atoms with Gasteiger partial charge in [-0.05, 0) is 54.7 Å². The summed E-state index contributed by atoms with van der Waals surface area (Å²) in [6.07, 6.45) is 10.2. The number of nitrogens with zero attached hydrogens (tertiary/aromatic N) is 6. The number of halogens is 2. The van der Waals surface area contributed by atoms with E-state index in [9.17, 15) is 14.0 Å². The summed E-state index contributed by atoms with van der Waals surface area (Å²) >= 11 is 0. The van der Waals surface area contributed by atoms with Gasteiger partial charge in [-0.1, -0.05) is 13.0 Å². The minimum atomic E-state index is -0.488. The summed E-state index contributed by atoms with van der Waals surface area (Å²) in [5.74, 6) is -0.371. The molecule has 3 N–H and O–H groups in total. The Morgan fingerprint density at radius 2 is 1.80 bits per heavy atom. The van der Waals surface area contributed by atoms with Crippen LogP contribution in [0.15, 0.2) is 55.1 Å². The maximum absolute atomic E-state index is 16.7. The van der Waals surface area contributed by atoms with Crippen molar-refractivity contribution < 1.29 is 24.5 Å². The van der Waals surface area contributed by atoms with Crippen molar-refractivity contribution >= 4 is 34.1 Å². The number of aryl methyl sites for hydroxylation is 2. The van der Waals surface area contributed by atoms with Gasteiger partial charge in [0, 0.05) is 101 Å². The fourth-order valence-corrected chi connectivity index (χ4v) is 7.02. The molecule has 3 aliphatic rings. The van der Waals surface area contributed by atoms with Gasteiger partial charge in [-0.2, -0.15) is 0 Å². The number of hydrogen-bond donors (Lipinski definition) is 3. The third kappa shape index (κ3) is 6.83. The molecule has 0 aliphatic carbocycles. The number of hydrazine groups is 2. The lowest BCUT2D eigenvalue weighted by Gasteiger charge is -2.35. The molecule has 1 aromatic carbocycles. The van der Waals surface area contributed by atoms with Crippen LogP contribution in [0.4, 0.5) is 14.6 Å². The summed E-state index contributed by atoms with van der Waals surface area (Å²) in [6.45, 7) is 7.03. The van der Waals surface area contributed by atoms with E-state index < -0.39 is 11.6 Å². The van der Waals surface area contributed by atoms with Gasteiger partial charge < -0.3 is 29.8 Å². The predicted molar refractivity (Wildman–Crippen MR) is 192 cm³/mol. The van der Waals surface area contributed by atoms with Crippen LogP contribution in [0.25, 0.3) is 27.6 Å². The average molecular weight is 700 g/mol. The van der Waals surface area contributed by atoms with Gasteiger partial charge in [-0.3, -0.25) is 19.6 Å². The molecule has 0 bridgehead atoms. The number of H-pyrrole nitrogens is 1. The number of anilines is 1. The molecule has 0 radical (unpaired) electrons. The molecule has 3 aromatic heterocycles. The largest absolute Gasteiger partial charge is 0.493 e. The zero-order valence-electron chi connectivity index (χ0n) is 28.9. The molecule has 12 nitrogen and oxygen atoms in total. The molecule has 4 aromatic rings. The van der Waals surface area contributed by atoms with Gasteiger partial charge in [0.2, 0.25) is 5.91 Å². The number of rotatable bonds is 9. The number of carbonyl (C=O) groups is 2. The number of ether oxygens (including phenoxy) is 1. The third-order valence-electron chi connectivity index (χ3n) is 9.73. The molecule has 0 saturated carbocycles. The Labute approximate surface area is 296 Å². The molecule has 0 atom stereocenters. The molecule has 2 amide bonds. The molecule has 1 saturated heterocycles. The number of nitrogens with one attached hydrogen (secondary N) is 3. The summed E-state index contributed by atoms with van der Waals surface area (Å²) in [4.78, 5) is 44.6. The van der Waals surface area contributed by atoms with Crippen LogP contribution in [-0.4, -0.2) is 94.5 Å². The van der Waals surface area contributed by atoms with Crippen LogP contribution in [-0.2, 0) is 11.2 Å². The summed E-state index contributed by atoms with van der Waals surface area (Å²) in [5.41, 5.74) is 11.0. The van der Waals surface area contributed by atoms with E-state index in [0.29, 0.717) is 74.6 Å². The number of carbonyl (C=O) groups excluding carboxylic acids is 2. The number of benzene rings is 1. The van der Waals surface area contributed by atoms with E-state index >= 15 is 4.39 Å². The van der Waals surface area contributed by atoms with Crippen molar-refractivity contribution in [2.24, 2.45) is 0 Å². The molecule has 14 heteroatoms. The Hall–Kier alpha value is -5.50. The van der Waals surface area contributed by atoms with Crippen molar-refractivity contribution in [2.75, 3.05) is 57.8 Å². The molecular weight excluding hydrogens is 656 g/mol. The Morgan fingerprint density at radius 1 is 0.980 bits per heavy atom. The first-order valence-corrected chi connectivity index (χ1v) is 17.2. The number of piperazine rings is 1. The number of fused-ring (bicyclic) bond motifs is 1. The van der Waals surface area contributed by atoms with Gasteiger partial charge in [0.15, 0.2) is 17.4 Å². The zero-order valence-corrected chi connectivity index (χ0v) is 28.9. The second-order valence-corrected chi connectivity index (χ2v) is 12.9. The van der Waals surface area contributed by atoms with Gasteiger partial charge in [0.1, 0.15) is 11.5 Å². The first-order chi connectivity index (χ1) is 24.7. The third-order valence-corrected chi connectivity index (χ3v) is 9.73. The first-order valence-electron chi connectivity index (χ1n) is 17.2. The maximum Gasteiger partial charge on any atom is 0.270 e. The summed E-state index contributed by atoms with van der Waals surface area (Å²) < 4.78 is 35.8. The lowest BCUT2D eigenvalue weighted by atomic mass is 9.91. The van der Waals surface area contributed by atoms with Crippen LogP contribution in [0.5, 0.6) is 5.75 Å². The van der Waals surface area contributed by atoms with Gasteiger partial charge in [0.25, 0.3) is 5.91 Å². The highest BCUT2D eigenvalue weighted by atomic mass is 19.1.